The number of hydrogen-bond donors (Lipinski definition) is 0. The van der Waals surface area contributed by atoms with Crippen molar-refractivity contribution in [2.45, 2.75) is 13.0 Å². The van der Waals surface area contributed by atoms with Gasteiger partial charge in [0.15, 0.2) is 5.82 Å². The highest BCUT2D eigenvalue weighted by molar-refractivity contribution is 5.29. The molecule has 0 fully saturated rings. The van der Waals surface area contributed by atoms with Gasteiger partial charge in [0.1, 0.15) is 12.4 Å². The molecule has 6 nitrogen and oxygen atoms in total. The van der Waals surface area contributed by atoms with E-state index >= 15 is 0 Å². The molecule has 1 atom stereocenters. The van der Waals surface area contributed by atoms with Gasteiger partial charge >= 0.3 is 0 Å². The van der Waals surface area contributed by atoms with Crippen LogP contribution in [0.1, 0.15) is 18.8 Å². The van der Waals surface area contributed by atoms with Gasteiger partial charge in [-0.3, -0.25) is 14.2 Å². The molecule has 0 unspecified atom stereocenters. The minimum atomic E-state index is 0.0164. The number of aromatic nitrogens is 6. The molecule has 0 aliphatic rings. The third-order valence-electron chi connectivity index (χ3n) is 2.79. The molecule has 0 bridgehead atoms. The van der Waals surface area contributed by atoms with E-state index in [2.05, 4.69) is 20.3 Å². The molecule has 0 saturated carbocycles. The summed E-state index contributed by atoms with van der Waals surface area (Å²) in [7, 11) is 0. The zero-order chi connectivity index (χ0) is 12.4. The Morgan fingerprint density at radius 2 is 2.17 bits per heavy atom. The summed E-state index contributed by atoms with van der Waals surface area (Å²) >= 11 is 0. The van der Waals surface area contributed by atoms with Crippen molar-refractivity contribution in [1.82, 2.24) is 29.5 Å². The lowest BCUT2D eigenvalue weighted by Crippen LogP contribution is -2.13. The van der Waals surface area contributed by atoms with Crippen LogP contribution in [-0.4, -0.2) is 29.5 Å². The van der Waals surface area contributed by atoms with Gasteiger partial charge in [-0.05, 0) is 25.1 Å². The fourth-order valence-electron chi connectivity index (χ4n) is 1.85. The highest BCUT2D eigenvalue weighted by Gasteiger charge is 2.15. The monoisotopic (exact) mass is 240 g/mol. The Balaban J connectivity index is 2.02. The predicted molar refractivity (Wildman–Crippen MR) is 65.2 cm³/mol. The third-order valence-corrected chi connectivity index (χ3v) is 2.79. The molecule has 18 heavy (non-hydrogen) atoms. The molecule has 0 aliphatic heterocycles. The van der Waals surface area contributed by atoms with Crippen LogP contribution in [0.3, 0.4) is 0 Å². The second-order valence-electron chi connectivity index (χ2n) is 3.93. The maximum absolute atomic E-state index is 4.23. The zero-order valence-electron chi connectivity index (χ0n) is 9.88. The van der Waals surface area contributed by atoms with Crippen molar-refractivity contribution in [3.8, 4) is 5.69 Å². The van der Waals surface area contributed by atoms with Crippen LogP contribution in [0.5, 0.6) is 0 Å². The van der Waals surface area contributed by atoms with Crippen molar-refractivity contribution in [1.29, 1.82) is 0 Å². The standard InChI is InChI=1S/C12H12N6/c1-10(18-7-3-6-15-18)12-16-14-9-17(12)11-4-2-5-13-8-11/h2-10H,1H3/t10-/m1/s1. The van der Waals surface area contributed by atoms with Crippen LogP contribution in [0, 0.1) is 0 Å². The zero-order valence-corrected chi connectivity index (χ0v) is 9.88. The van der Waals surface area contributed by atoms with Crippen molar-refractivity contribution in [2.24, 2.45) is 0 Å². The number of nitrogens with zero attached hydrogens (tertiary/aromatic N) is 6. The van der Waals surface area contributed by atoms with Crippen molar-refractivity contribution in [2.75, 3.05) is 0 Å². The SMILES string of the molecule is C[C@H](c1nncn1-c1cccnc1)n1cccn1. The fourth-order valence-corrected chi connectivity index (χ4v) is 1.85. The van der Waals surface area contributed by atoms with E-state index in [4.69, 9.17) is 0 Å². The Morgan fingerprint density at radius 3 is 2.89 bits per heavy atom. The van der Waals surface area contributed by atoms with Crippen molar-refractivity contribution in [3.63, 3.8) is 0 Å². The van der Waals surface area contributed by atoms with Gasteiger partial charge in [0.2, 0.25) is 0 Å². The minimum absolute atomic E-state index is 0.0164. The second-order valence-corrected chi connectivity index (χ2v) is 3.93. The maximum Gasteiger partial charge on any atom is 0.162 e. The average Bonchev–Trinajstić information content (AvgIpc) is 3.10. The molecular formula is C12H12N6. The molecule has 3 rings (SSSR count). The van der Waals surface area contributed by atoms with E-state index in [1.165, 1.54) is 0 Å². The highest BCUT2D eigenvalue weighted by atomic mass is 15.3. The largest absolute Gasteiger partial charge is 0.282 e. The summed E-state index contributed by atoms with van der Waals surface area (Å²) in [6.07, 6.45) is 8.87. The first-order valence-electron chi connectivity index (χ1n) is 5.65. The smallest absolute Gasteiger partial charge is 0.162 e. The number of hydrogen-bond acceptors (Lipinski definition) is 4. The third kappa shape index (κ3) is 1.77. The van der Waals surface area contributed by atoms with Crippen molar-refractivity contribution >= 4 is 0 Å². The Bertz CT molecular complexity index is 613. The normalized spacial score (nSPS) is 12.5. The molecule has 0 aromatic carbocycles. The lowest BCUT2D eigenvalue weighted by Gasteiger charge is -2.13. The summed E-state index contributed by atoms with van der Waals surface area (Å²) in [5.41, 5.74) is 0.941. The molecule has 0 spiro atoms. The quantitative estimate of drug-likeness (QED) is 0.695. The van der Waals surface area contributed by atoms with Crippen LogP contribution in [0.2, 0.25) is 0 Å². The number of rotatable bonds is 3. The Hall–Kier alpha value is -2.50. The van der Waals surface area contributed by atoms with Gasteiger partial charge in [-0.2, -0.15) is 5.10 Å². The molecule has 0 N–H and O–H groups in total. The summed E-state index contributed by atoms with van der Waals surface area (Å²) in [4.78, 5) is 4.11. The fraction of sp³-hybridized carbons (Fsp3) is 0.167. The van der Waals surface area contributed by atoms with Crippen molar-refractivity contribution < 1.29 is 0 Å². The van der Waals surface area contributed by atoms with Crippen LogP contribution in [0.25, 0.3) is 5.69 Å². The first kappa shape index (κ1) is 10.6. The van der Waals surface area contributed by atoms with Gasteiger partial charge in [0.25, 0.3) is 0 Å². The molecular weight excluding hydrogens is 228 g/mol. The molecule has 0 aliphatic carbocycles. The van der Waals surface area contributed by atoms with Gasteiger partial charge in [-0.1, -0.05) is 0 Å². The van der Waals surface area contributed by atoms with Gasteiger partial charge in [-0.25, -0.2) is 0 Å². The van der Waals surface area contributed by atoms with E-state index in [0.717, 1.165) is 11.5 Å². The van der Waals surface area contributed by atoms with Gasteiger partial charge in [-0.15, -0.1) is 10.2 Å². The van der Waals surface area contributed by atoms with E-state index < -0.39 is 0 Å². The lowest BCUT2D eigenvalue weighted by molar-refractivity contribution is 0.528. The van der Waals surface area contributed by atoms with Crippen LogP contribution in [0.15, 0.2) is 49.3 Å². The predicted octanol–water partition coefficient (Wildman–Crippen LogP) is 1.47. The topological polar surface area (TPSA) is 61.4 Å². The summed E-state index contributed by atoms with van der Waals surface area (Å²) in [5, 5.41) is 12.4. The van der Waals surface area contributed by atoms with E-state index in [1.807, 2.05) is 40.6 Å². The van der Waals surface area contributed by atoms with Crippen LogP contribution in [0.4, 0.5) is 0 Å². The molecule has 0 amide bonds. The van der Waals surface area contributed by atoms with Crippen molar-refractivity contribution in [3.05, 3.63) is 55.1 Å². The summed E-state index contributed by atoms with van der Waals surface area (Å²) in [6, 6.07) is 5.76. The van der Waals surface area contributed by atoms with E-state index in [0.29, 0.717) is 0 Å². The summed E-state index contributed by atoms with van der Waals surface area (Å²) < 4.78 is 3.76. The summed E-state index contributed by atoms with van der Waals surface area (Å²) in [6.45, 7) is 2.03. The first-order valence-corrected chi connectivity index (χ1v) is 5.65. The number of pyridine rings is 1. The van der Waals surface area contributed by atoms with E-state index in [9.17, 15) is 0 Å². The lowest BCUT2D eigenvalue weighted by atomic mass is 10.3. The van der Waals surface area contributed by atoms with Gasteiger partial charge in [0.05, 0.1) is 11.9 Å². The van der Waals surface area contributed by atoms with Gasteiger partial charge < -0.3 is 0 Å². The molecule has 3 aromatic rings. The van der Waals surface area contributed by atoms with Crippen LogP contribution < -0.4 is 0 Å². The Labute approximate surface area is 104 Å². The minimum Gasteiger partial charge on any atom is -0.282 e. The van der Waals surface area contributed by atoms with Gasteiger partial charge in [0, 0.05) is 18.6 Å². The second kappa shape index (κ2) is 4.40. The maximum atomic E-state index is 4.23. The molecule has 3 heterocycles. The average molecular weight is 240 g/mol. The Morgan fingerprint density at radius 1 is 1.22 bits per heavy atom. The molecule has 0 radical (unpaired) electrons. The molecule has 3 aromatic heterocycles. The summed E-state index contributed by atoms with van der Waals surface area (Å²) in [5.74, 6) is 0.826. The van der Waals surface area contributed by atoms with E-state index in [1.54, 1.807) is 24.9 Å². The van der Waals surface area contributed by atoms with Crippen LogP contribution >= 0.6 is 0 Å². The first-order chi connectivity index (χ1) is 8.86. The van der Waals surface area contributed by atoms with E-state index in [-0.39, 0.29) is 6.04 Å². The van der Waals surface area contributed by atoms with Crippen LogP contribution in [-0.2, 0) is 0 Å². The molecule has 6 heteroatoms. The molecule has 90 valence electrons. The Kier molecular flexibility index (Phi) is 2.60. The highest BCUT2D eigenvalue weighted by Crippen LogP contribution is 2.17. The molecule has 0 saturated heterocycles.